The topological polar surface area (TPSA) is 50.2 Å². The van der Waals surface area contributed by atoms with Gasteiger partial charge in [-0.15, -0.1) is 0 Å². The summed E-state index contributed by atoms with van der Waals surface area (Å²) in [4.78, 5) is 14.6. The number of halogens is 4. The van der Waals surface area contributed by atoms with Crippen LogP contribution in [-0.2, 0) is 0 Å². The molecule has 2 aromatic rings. The van der Waals surface area contributed by atoms with Crippen LogP contribution in [0.25, 0.3) is 11.1 Å². The van der Waals surface area contributed by atoms with Crippen LogP contribution in [0.1, 0.15) is 10.5 Å². The molecule has 0 atom stereocenters. The standard InChI is InChI=1S/C12H5Cl4NO2/c13-5-3-7(10(15)8(14)4-5)6-1-2-9(12(18)19)17-11(6)16/h1-4H,(H,18,19). The SMILES string of the molecule is O=C(O)c1ccc(-c2cc(Cl)cc(Cl)c2Cl)c(Cl)n1. The second-order valence-corrected chi connectivity index (χ2v) is 5.17. The summed E-state index contributed by atoms with van der Waals surface area (Å²) < 4.78 is 0. The Morgan fingerprint density at radius 1 is 1.05 bits per heavy atom. The van der Waals surface area contributed by atoms with Gasteiger partial charge in [-0.3, -0.25) is 0 Å². The van der Waals surface area contributed by atoms with E-state index in [9.17, 15) is 4.79 Å². The van der Waals surface area contributed by atoms with Crippen LogP contribution in [-0.4, -0.2) is 16.1 Å². The third-order valence-electron chi connectivity index (χ3n) is 2.35. The average Bonchev–Trinajstić information content (AvgIpc) is 2.33. The van der Waals surface area contributed by atoms with E-state index in [-0.39, 0.29) is 20.9 Å². The van der Waals surface area contributed by atoms with Crippen LogP contribution in [0.3, 0.4) is 0 Å². The second kappa shape index (κ2) is 5.55. The number of hydrogen-bond acceptors (Lipinski definition) is 2. The van der Waals surface area contributed by atoms with Crippen molar-refractivity contribution in [2.24, 2.45) is 0 Å². The van der Waals surface area contributed by atoms with Crippen molar-refractivity contribution in [2.75, 3.05) is 0 Å². The van der Waals surface area contributed by atoms with Crippen LogP contribution in [0.4, 0.5) is 0 Å². The van der Waals surface area contributed by atoms with E-state index in [1.807, 2.05) is 0 Å². The van der Waals surface area contributed by atoms with Crippen molar-refractivity contribution in [3.8, 4) is 11.1 Å². The van der Waals surface area contributed by atoms with Crippen LogP contribution >= 0.6 is 46.4 Å². The zero-order valence-corrected chi connectivity index (χ0v) is 12.1. The van der Waals surface area contributed by atoms with Gasteiger partial charge in [-0.05, 0) is 24.3 Å². The van der Waals surface area contributed by atoms with E-state index in [1.165, 1.54) is 18.2 Å². The van der Waals surface area contributed by atoms with Crippen LogP contribution in [0, 0.1) is 0 Å². The van der Waals surface area contributed by atoms with E-state index in [1.54, 1.807) is 6.07 Å². The van der Waals surface area contributed by atoms with Gasteiger partial charge < -0.3 is 5.11 Å². The Morgan fingerprint density at radius 2 is 1.74 bits per heavy atom. The molecule has 1 aromatic heterocycles. The molecule has 1 N–H and O–H groups in total. The molecule has 0 radical (unpaired) electrons. The van der Waals surface area contributed by atoms with E-state index in [0.29, 0.717) is 16.1 Å². The lowest BCUT2D eigenvalue weighted by molar-refractivity contribution is 0.0690. The van der Waals surface area contributed by atoms with Crippen LogP contribution in [0.5, 0.6) is 0 Å². The fourth-order valence-electron chi connectivity index (χ4n) is 1.51. The highest BCUT2D eigenvalue weighted by Crippen LogP contribution is 2.38. The molecular formula is C12H5Cl4NO2. The molecule has 7 heteroatoms. The molecule has 2 rings (SSSR count). The van der Waals surface area contributed by atoms with Gasteiger partial charge in [0.1, 0.15) is 10.8 Å². The number of carboxylic acid groups (broad SMARTS) is 1. The third kappa shape index (κ3) is 2.95. The van der Waals surface area contributed by atoms with Gasteiger partial charge in [-0.1, -0.05) is 46.4 Å². The lowest BCUT2D eigenvalue weighted by atomic mass is 10.1. The number of nitrogens with zero attached hydrogens (tertiary/aromatic N) is 1. The molecule has 0 saturated heterocycles. The van der Waals surface area contributed by atoms with Crippen molar-refractivity contribution in [3.05, 3.63) is 50.2 Å². The molecule has 19 heavy (non-hydrogen) atoms. The first-order valence-corrected chi connectivity index (χ1v) is 6.46. The predicted octanol–water partition coefficient (Wildman–Crippen LogP) is 5.06. The van der Waals surface area contributed by atoms with E-state index in [4.69, 9.17) is 51.5 Å². The lowest BCUT2D eigenvalue weighted by Crippen LogP contribution is -2.00. The van der Waals surface area contributed by atoms with Crippen LogP contribution < -0.4 is 0 Å². The lowest BCUT2D eigenvalue weighted by Gasteiger charge is -2.09. The summed E-state index contributed by atoms with van der Waals surface area (Å²) in [5.74, 6) is -1.16. The van der Waals surface area contributed by atoms with Crippen molar-refractivity contribution >= 4 is 52.4 Å². The maximum absolute atomic E-state index is 10.8. The predicted molar refractivity (Wildman–Crippen MR) is 76.7 cm³/mol. The molecule has 0 aliphatic rings. The normalized spacial score (nSPS) is 10.5. The minimum absolute atomic E-state index is 0.0140. The number of aromatic carboxylic acids is 1. The van der Waals surface area contributed by atoms with Crippen molar-refractivity contribution < 1.29 is 9.90 Å². The Balaban J connectivity index is 2.63. The number of hydrogen-bond donors (Lipinski definition) is 1. The Morgan fingerprint density at radius 3 is 2.32 bits per heavy atom. The molecule has 1 heterocycles. The van der Waals surface area contributed by atoms with Gasteiger partial charge in [0.05, 0.1) is 10.0 Å². The molecule has 98 valence electrons. The minimum atomic E-state index is -1.16. The summed E-state index contributed by atoms with van der Waals surface area (Å²) in [5, 5.41) is 9.79. The molecule has 0 unspecified atom stereocenters. The monoisotopic (exact) mass is 335 g/mol. The number of rotatable bonds is 2. The summed E-state index contributed by atoms with van der Waals surface area (Å²) >= 11 is 23.9. The zero-order chi connectivity index (χ0) is 14.2. The van der Waals surface area contributed by atoms with E-state index >= 15 is 0 Å². The Labute approximate surface area is 128 Å². The fraction of sp³-hybridized carbons (Fsp3) is 0. The van der Waals surface area contributed by atoms with E-state index < -0.39 is 5.97 Å². The van der Waals surface area contributed by atoms with Gasteiger partial charge in [0.15, 0.2) is 0 Å². The largest absolute Gasteiger partial charge is 0.477 e. The summed E-state index contributed by atoms with van der Waals surface area (Å²) in [7, 11) is 0. The third-order valence-corrected chi connectivity index (χ3v) is 3.66. The number of aromatic nitrogens is 1. The first kappa shape index (κ1) is 14.4. The summed E-state index contributed by atoms with van der Waals surface area (Å²) in [6.07, 6.45) is 0. The second-order valence-electron chi connectivity index (χ2n) is 3.59. The molecule has 0 saturated carbocycles. The first-order valence-electron chi connectivity index (χ1n) is 4.95. The van der Waals surface area contributed by atoms with Crippen molar-refractivity contribution in [1.82, 2.24) is 4.98 Å². The number of carboxylic acids is 1. The van der Waals surface area contributed by atoms with Gasteiger partial charge in [-0.2, -0.15) is 0 Å². The van der Waals surface area contributed by atoms with E-state index in [0.717, 1.165) is 0 Å². The van der Waals surface area contributed by atoms with Gasteiger partial charge in [0, 0.05) is 16.1 Å². The molecule has 0 bridgehead atoms. The molecule has 0 spiro atoms. The highest BCUT2D eigenvalue weighted by Gasteiger charge is 2.15. The minimum Gasteiger partial charge on any atom is -0.477 e. The quantitative estimate of drug-likeness (QED) is 0.616. The number of benzene rings is 1. The van der Waals surface area contributed by atoms with Crippen LogP contribution in [0.2, 0.25) is 20.2 Å². The van der Waals surface area contributed by atoms with Crippen molar-refractivity contribution in [3.63, 3.8) is 0 Å². The summed E-state index contributed by atoms with van der Waals surface area (Å²) in [6, 6.07) is 5.92. The van der Waals surface area contributed by atoms with Gasteiger partial charge >= 0.3 is 5.97 Å². The number of pyridine rings is 1. The molecular weight excluding hydrogens is 332 g/mol. The molecule has 0 amide bonds. The number of carbonyl (C=O) groups is 1. The molecule has 0 aliphatic heterocycles. The zero-order valence-electron chi connectivity index (χ0n) is 9.12. The highest BCUT2D eigenvalue weighted by molar-refractivity contribution is 6.45. The molecule has 1 aromatic carbocycles. The fourth-order valence-corrected chi connectivity index (χ4v) is 2.47. The molecule has 3 nitrogen and oxygen atoms in total. The Kier molecular flexibility index (Phi) is 4.21. The van der Waals surface area contributed by atoms with E-state index in [2.05, 4.69) is 4.98 Å². The first-order chi connectivity index (χ1) is 8.90. The maximum atomic E-state index is 10.8. The van der Waals surface area contributed by atoms with Gasteiger partial charge in [0.2, 0.25) is 0 Å². The van der Waals surface area contributed by atoms with Crippen molar-refractivity contribution in [1.29, 1.82) is 0 Å². The summed E-state index contributed by atoms with van der Waals surface area (Å²) in [5.41, 5.74) is 0.799. The molecule has 0 fully saturated rings. The highest BCUT2D eigenvalue weighted by atomic mass is 35.5. The smallest absolute Gasteiger partial charge is 0.354 e. The average molecular weight is 337 g/mol. The van der Waals surface area contributed by atoms with Gasteiger partial charge in [0.25, 0.3) is 0 Å². The van der Waals surface area contributed by atoms with Crippen molar-refractivity contribution in [2.45, 2.75) is 0 Å². The Bertz CT molecular complexity index is 673. The van der Waals surface area contributed by atoms with Gasteiger partial charge in [-0.25, -0.2) is 9.78 Å². The Hall–Kier alpha value is -1.000. The maximum Gasteiger partial charge on any atom is 0.354 e. The van der Waals surface area contributed by atoms with Crippen LogP contribution in [0.15, 0.2) is 24.3 Å². The summed E-state index contributed by atoms with van der Waals surface area (Å²) in [6.45, 7) is 0. The molecule has 0 aliphatic carbocycles.